The lowest BCUT2D eigenvalue weighted by Crippen LogP contribution is -2.43. The van der Waals surface area contributed by atoms with Gasteiger partial charge in [0.05, 0.1) is 0 Å². The molecule has 1 amide bonds. The highest BCUT2D eigenvalue weighted by atomic mass is 16.3. The van der Waals surface area contributed by atoms with Gasteiger partial charge in [0.25, 0.3) is 0 Å². The van der Waals surface area contributed by atoms with Crippen molar-refractivity contribution in [3.63, 3.8) is 0 Å². The summed E-state index contributed by atoms with van der Waals surface area (Å²) in [5, 5.41) is 9.13. The van der Waals surface area contributed by atoms with Crippen molar-refractivity contribution in [2.24, 2.45) is 5.41 Å². The van der Waals surface area contributed by atoms with Crippen molar-refractivity contribution in [3.8, 4) is 0 Å². The summed E-state index contributed by atoms with van der Waals surface area (Å²) in [5.74, 6) is 0.236. The van der Waals surface area contributed by atoms with Gasteiger partial charge < -0.3 is 10.0 Å². The molecule has 1 N–H and O–H groups in total. The summed E-state index contributed by atoms with van der Waals surface area (Å²) in [6.07, 6.45) is 2.44. The standard InChI is InChI=1S/C10H19NO2/c1-3-9(13)11-6-4-10(2,8-12)5-7-11/h12H,3-8H2,1-2H3. The molecular weight excluding hydrogens is 166 g/mol. The topological polar surface area (TPSA) is 40.5 Å². The number of hydrogen-bond donors (Lipinski definition) is 1. The van der Waals surface area contributed by atoms with E-state index < -0.39 is 0 Å². The molecule has 0 radical (unpaired) electrons. The third-order valence-corrected chi connectivity index (χ3v) is 3.01. The first-order chi connectivity index (χ1) is 6.11. The van der Waals surface area contributed by atoms with Crippen LogP contribution in [0.15, 0.2) is 0 Å². The van der Waals surface area contributed by atoms with Crippen molar-refractivity contribution in [2.45, 2.75) is 33.1 Å². The van der Waals surface area contributed by atoms with Crippen molar-refractivity contribution < 1.29 is 9.90 Å². The first kappa shape index (κ1) is 10.5. The molecule has 1 fully saturated rings. The quantitative estimate of drug-likeness (QED) is 0.697. The molecule has 1 aliphatic rings. The highest BCUT2D eigenvalue weighted by Gasteiger charge is 2.30. The lowest BCUT2D eigenvalue weighted by atomic mass is 9.81. The zero-order valence-corrected chi connectivity index (χ0v) is 8.55. The number of hydrogen-bond acceptors (Lipinski definition) is 2. The Balaban J connectivity index is 2.43. The number of likely N-dealkylation sites (tertiary alicyclic amines) is 1. The molecule has 0 aliphatic carbocycles. The normalized spacial score (nSPS) is 21.6. The summed E-state index contributed by atoms with van der Waals surface area (Å²) in [7, 11) is 0. The van der Waals surface area contributed by atoms with Crippen LogP contribution < -0.4 is 0 Å². The minimum absolute atomic E-state index is 0.0462. The van der Waals surface area contributed by atoms with E-state index in [0.717, 1.165) is 25.9 Å². The minimum Gasteiger partial charge on any atom is -0.396 e. The molecule has 1 heterocycles. The Labute approximate surface area is 79.7 Å². The number of aliphatic hydroxyl groups is 1. The molecule has 0 aromatic rings. The Morgan fingerprint density at radius 1 is 1.46 bits per heavy atom. The van der Waals surface area contributed by atoms with Gasteiger partial charge in [-0.1, -0.05) is 13.8 Å². The molecule has 0 aromatic carbocycles. The molecule has 13 heavy (non-hydrogen) atoms. The van der Waals surface area contributed by atoms with E-state index in [2.05, 4.69) is 6.92 Å². The average Bonchev–Trinajstić information content (AvgIpc) is 2.18. The minimum atomic E-state index is 0.0462. The summed E-state index contributed by atoms with van der Waals surface area (Å²) in [4.78, 5) is 13.2. The van der Waals surface area contributed by atoms with E-state index >= 15 is 0 Å². The first-order valence-corrected chi connectivity index (χ1v) is 5.00. The van der Waals surface area contributed by atoms with Gasteiger partial charge in [0.2, 0.25) is 5.91 Å². The average molecular weight is 185 g/mol. The van der Waals surface area contributed by atoms with Crippen molar-refractivity contribution >= 4 is 5.91 Å². The van der Waals surface area contributed by atoms with E-state index in [1.807, 2.05) is 11.8 Å². The maximum Gasteiger partial charge on any atom is 0.222 e. The molecule has 0 spiro atoms. The number of aliphatic hydroxyl groups excluding tert-OH is 1. The molecule has 0 bridgehead atoms. The van der Waals surface area contributed by atoms with Crippen LogP contribution in [-0.4, -0.2) is 35.6 Å². The molecule has 1 rings (SSSR count). The van der Waals surface area contributed by atoms with Crippen LogP contribution in [0.1, 0.15) is 33.1 Å². The molecule has 3 nitrogen and oxygen atoms in total. The Hall–Kier alpha value is -0.570. The van der Waals surface area contributed by atoms with Crippen LogP contribution in [0.4, 0.5) is 0 Å². The molecule has 1 aliphatic heterocycles. The fourth-order valence-electron chi connectivity index (χ4n) is 1.68. The van der Waals surface area contributed by atoms with Crippen LogP contribution in [0.5, 0.6) is 0 Å². The van der Waals surface area contributed by atoms with Crippen LogP contribution in [0, 0.1) is 5.41 Å². The van der Waals surface area contributed by atoms with Gasteiger partial charge in [0.1, 0.15) is 0 Å². The third-order valence-electron chi connectivity index (χ3n) is 3.01. The predicted octanol–water partition coefficient (Wildman–Crippen LogP) is 1.02. The van der Waals surface area contributed by atoms with Crippen molar-refractivity contribution in [1.82, 2.24) is 4.90 Å². The lowest BCUT2D eigenvalue weighted by Gasteiger charge is -2.38. The zero-order valence-electron chi connectivity index (χ0n) is 8.55. The monoisotopic (exact) mass is 185 g/mol. The van der Waals surface area contributed by atoms with E-state index in [-0.39, 0.29) is 17.9 Å². The van der Waals surface area contributed by atoms with E-state index in [1.165, 1.54) is 0 Å². The largest absolute Gasteiger partial charge is 0.396 e. The maximum absolute atomic E-state index is 11.3. The number of carbonyl (C=O) groups is 1. The lowest BCUT2D eigenvalue weighted by molar-refractivity contribution is -0.133. The highest BCUT2D eigenvalue weighted by molar-refractivity contribution is 5.75. The fourth-order valence-corrected chi connectivity index (χ4v) is 1.68. The van der Waals surface area contributed by atoms with Gasteiger partial charge in [-0.2, -0.15) is 0 Å². The van der Waals surface area contributed by atoms with Crippen LogP contribution in [0.25, 0.3) is 0 Å². The van der Waals surface area contributed by atoms with Gasteiger partial charge in [-0.15, -0.1) is 0 Å². The molecule has 0 aromatic heterocycles. The summed E-state index contributed by atoms with van der Waals surface area (Å²) >= 11 is 0. The molecule has 0 unspecified atom stereocenters. The Kier molecular flexibility index (Phi) is 3.31. The maximum atomic E-state index is 11.3. The smallest absolute Gasteiger partial charge is 0.222 e. The van der Waals surface area contributed by atoms with Gasteiger partial charge in [-0.3, -0.25) is 4.79 Å². The summed E-state index contributed by atoms with van der Waals surface area (Å²) in [5.41, 5.74) is 0.0462. The molecular formula is C10H19NO2. The van der Waals surface area contributed by atoms with Crippen molar-refractivity contribution in [3.05, 3.63) is 0 Å². The van der Waals surface area contributed by atoms with Crippen molar-refractivity contribution in [1.29, 1.82) is 0 Å². The second-order valence-corrected chi connectivity index (χ2v) is 4.20. The number of rotatable bonds is 2. The number of piperidine rings is 1. The highest BCUT2D eigenvalue weighted by Crippen LogP contribution is 2.30. The van der Waals surface area contributed by atoms with Gasteiger partial charge in [0, 0.05) is 26.1 Å². The summed E-state index contributed by atoms with van der Waals surface area (Å²) in [6, 6.07) is 0. The predicted molar refractivity (Wildman–Crippen MR) is 51.3 cm³/mol. The van der Waals surface area contributed by atoms with Gasteiger partial charge in [-0.25, -0.2) is 0 Å². The number of carbonyl (C=O) groups excluding carboxylic acids is 1. The van der Waals surface area contributed by atoms with Crippen LogP contribution in [0.3, 0.4) is 0 Å². The fraction of sp³-hybridized carbons (Fsp3) is 0.900. The van der Waals surface area contributed by atoms with Crippen LogP contribution in [0.2, 0.25) is 0 Å². The summed E-state index contributed by atoms with van der Waals surface area (Å²) < 4.78 is 0. The number of nitrogens with zero attached hydrogens (tertiary/aromatic N) is 1. The van der Waals surface area contributed by atoms with E-state index in [1.54, 1.807) is 0 Å². The Bertz CT molecular complexity index is 183. The van der Waals surface area contributed by atoms with E-state index in [0.29, 0.717) is 6.42 Å². The second-order valence-electron chi connectivity index (χ2n) is 4.20. The van der Waals surface area contributed by atoms with Crippen molar-refractivity contribution in [2.75, 3.05) is 19.7 Å². The van der Waals surface area contributed by atoms with Crippen LogP contribution in [-0.2, 0) is 4.79 Å². The third kappa shape index (κ3) is 2.44. The van der Waals surface area contributed by atoms with Gasteiger partial charge in [-0.05, 0) is 18.3 Å². The SMILES string of the molecule is CCC(=O)N1CCC(C)(CO)CC1. The number of amides is 1. The molecule has 0 saturated carbocycles. The van der Waals surface area contributed by atoms with E-state index in [9.17, 15) is 4.79 Å². The second kappa shape index (κ2) is 4.09. The molecule has 76 valence electrons. The molecule has 3 heteroatoms. The van der Waals surface area contributed by atoms with Gasteiger partial charge >= 0.3 is 0 Å². The van der Waals surface area contributed by atoms with Gasteiger partial charge in [0.15, 0.2) is 0 Å². The molecule has 1 saturated heterocycles. The molecule has 0 atom stereocenters. The Morgan fingerprint density at radius 3 is 2.38 bits per heavy atom. The van der Waals surface area contributed by atoms with E-state index in [4.69, 9.17) is 5.11 Å². The van der Waals surface area contributed by atoms with Crippen LogP contribution >= 0.6 is 0 Å². The summed E-state index contributed by atoms with van der Waals surface area (Å²) in [6.45, 7) is 5.83. The zero-order chi connectivity index (χ0) is 9.90. The Morgan fingerprint density at radius 2 is 2.00 bits per heavy atom. The first-order valence-electron chi connectivity index (χ1n) is 5.00.